The van der Waals surface area contributed by atoms with Gasteiger partial charge in [-0.2, -0.15) is 0 Å². The molecule has 2 unspecified atom stereocenters. The van der Waals surface area contributed by atoms with Gasteiger partial charge in [0, 0.05) is 11.6 Å². The van der Waals surface area contributed by atoms with E-state index in [1.165, 1.54) is 31.5 Å². The van der Waals surface area contributed by atoms with E-state index in [4.69, 9.17) is 10.5 Å². The molecule has 0 spiro atoms. The van der Waals surface area contributed by atoms with Crippen LogP contribution in [0.15, 0.2) is 24.3 Å². The minimum Gasteiger partial charge on any atom is -0.491 e. The van der Waals surface area contributed by atoms with Gasteiger partial charge >= 0.3 is 0 Å². The van der Waals surface area contributed by atoms with E-state index in [1.807, 2.05) is 26.0 Å². The van der Waals surface area contributed by atoms with Gasteiger partial charge in [0.25, 0.3) is 0 Å². The van der Waals surface area contributed by atoms with Crippen LogP contribution in [0.2, 0.25) is 0 Å². The smallest absolute Gasteiger partial charge is 0.120 e. The van der Waals surface area contributed by atoms with E-state index in [0.717, 1.165) is 12.2 Å². The molecular weight excluding hydrogens is 260 g/mol. The first kappa shape index (κ1) is 16.3. The number of nitrogens with zero attached hydrogens (tertiary/aromatic N) is 1. The van der Waals surface area contributed by atoms with Gasteiger partial charge in [-0.15, -0.1) is 0 Å². The summed E-state index contributed by atoms with van der Waals surface area (Å²) in [7, 11) is 0. The molecule has 2 rings (SSSR count). The Morgan fingerprint density at radius 2 is 1.95 bits per heavy atom. The third-order valence-electron chi connectivity index (χ3n) is 4.80. The maximum atomic E-state index is 6.67. The van der Waals surface area contributed by atoms with Gasteiger partial charge in [-0.25, -0.2) is 0 Å². The van der Waals surface area contributed by atoms with E-state index in [9.17, 15) is 0 Å². The Kier molecular flexibility index (Phi) is 5.28. The molecule has 0 radical (unpaired) electrons. The second-order valence-electron chi connectivity index (χ2n) is 6.62. The Morgan fingerprint density at radius 3 is 2.52 bits per heavy atom. The van der Waals surface area contributed by atoms with Crippen LogP contribution < -0.4 is 10.5 Å². The highest BCUT2D eigenvalue weighted by atomic mass is 16.5. The number of hydrogen-bond acceptors (Lipinski definition) is 3. The Morgan fingerprint density at radius 1 is 1.29 bits per heavy atom. The second kappa shape index (κ2) is 6.80. The summed E-state index contributed by atoms with van der Waals surface area (Å²) in [4.78, 5) is 2.56. The third-order valence-corrected chi connectivity index (χ3v) is 4.80. The molecule has 0 aromatic heterocycles. The molecule has 3 heteroatoms. The summed E-state index contributed by atoms with van der Waals surface area (Å²) in [6.45, 7) is 11.0. The van der Waals surface area contributed by atoms with Crippen LogP contribution in [0.4, 0.5) is 0 Å². The van der Waals surface area contributed by atoms with Crippen LogP contribution in [0, 0.1) is 0 Å². The Bertz CT molecular complexity index is 454. The van der Waals surface area contributed by atoms with E-state index in [0.29, 0.717) is 0 Å². The molecule has 1 fully saturated rings. The van der Waals surface area contributed by atoms with E-state index < -0.39 is 0 Å². The van der Waals surface area contributed by atoms with Crippen molar-refractivity contribution in [2.75, 3.05) is 13.1 Å². The van der Waals surface area contributed by atoms with Crippen molar-refractivity contribution < 1.29 is 4.74 Å². The molecule has 2 N–H and O–H groups in total. The molecule has 0 bridgehead atoms. The predicted octanol–water partition coefficient (Wildman–Crippen LogP) is 3.74. The highest BCUT2D eigenvalue weighted by Crippen LogP contribution is 2.35. The molecule has 0 saturated carbocycles. The minimum absolute atomic E-state index is 0.0105. The largest absolute Gasteiger partial charge is 0.491 e. The highest BCUT2D eigenvalue weighted by molar-refractivity contribution is 5.32. The molecule has 0 amide bonds. The molecule has 118 valence electrons. The predicted molar refractivity (Wildman–Crippen MR) is 88.6 cm³/mol. The lowest BCUT2D eigenvalue weighted by Crippen LogP contribution is -2.51. The van der Waals surface area contributed by atoms with E-state index in [-0.39, 0.29) is 17.7 Å². The van der Waals surface area contributed by atoms with Crippen LogP contribution in [0.25, 0.3) is 0 Å². The van der Waals surface area contributed by atoms with Crippen LogP contribution in [0.3, 0.4) is 0 Å². The number of benzene rings is 1. The normalized spacial score (nSPS) is 20.5. The van der Waals surface area contributed by atoms with Crippen LogP contribution >= 0.6 is 0 Å². The molecule has 1 aliphatic heterocycles. The van der Waals surface area contributed by atoms with Gasteiger partial charge in [-0.05, 0) is 70.8 Å². The second-order valence-corrected chi connectivity index (χ2v) is 6.62. The first-order valence-electron chi connectivity index (χ1n) is 8.24. The third kappa shape index (κ3) is 3.58. The molecule has 1 heterocycles. The Hall–Kier alpha value is -1.06. The molecule has 1 aromatic rings. The molecule has 0 aliphatic carbocycles. The van der Waals surface area contributed by atoms with Crippen molar-refractivity contribution in [3.05, 3.63) is 29.8 Å². The number of hydrogen-bond donors (Lipinski definition) is 1. The van der Waals surface area contributed by atoms with Crippen LogP contribution in [-0.4, -0.2) is 29.6 Å². The van der Waals surface area contributed by atoms with E-state index in [1.54, 1.807) is 0 Å². The maximum Gasteiger partial charge on any atom is 0.120 e. The van der Waals surface area contributed by atoms with Gasteiger partial charge in [-0.3, -0.25) is 4.90 Å². The lowest BCUT2D eigenvalue weighted by Gasteiger charge is -2.43. The number of ether oxygens (including phenoxy) is 1. The molecular formula is C18H30N2O. The van der Waals surface area contributed by atoms with Crippen LogP contribution in [-0.2, 0) is 0 Å². The first-order valence-corrected chi connectivity index (χ1v) is 8.24. The fraction of sp³-hybridized carbons (Fsp3) is 0.667. The molecule has 1 aliphatic rings. The number of likely N-dealkylation sites (tertiary alicyclic amines) is 1. The van der Waals surface area contributed by atoms with Gasteiger partial charge in [-0.1, -0.05) is 19.1 Å². The Labute approximate surface area is 129 Å². The maximum absolute atomic E-state index is 6.67. The first-order chi connectivity index (χ1) is 9.97. The van der Waals surface area contributed by atoms with Gasteiger partial charge in [0.05, 0.1) is 6.10 Å². The number of rotatable bonds is 6. The van der Waals surface area contributed by atoms with Gasteiger partial charge in [0.1, 0.15) is 5.75 Å². The number of nitrogens with two attached hydrogens (primary N) is 1. The van der Waals surface area contributed by atoms with Crippen LogP contribution in [0.1, 0.15) is 58.6 Å². The molecule has 3 nitrogen and oxygen atoms in total. The van der Waals surface area contributed by atoms with E-state index in [2.05, 4.69) is 30.9 Å². The fourth-order valence-corrected chi connectivity index (χ4v) is 3.28. The zero-order chi connectivity index (χ0) is 15.5. The summed E-state index contributed by atoms with van der Waals surface area (Å²) in [5, 5.41) is 0. The summed E-state index contributed by atoms with van der Waals surface area (Å²) in [5.74, 6) is 0.915. The van der Waals surface area contributed by atoms with Crippen molar-refractivity contribution >= 4 is 0 Å². The van der Waals surface area contributed by atoms with Crippen LogP contribution in [0.5, 0.6) is 5.75 Å². The summed E-state index contributed by atoms with van der Waals surface area (Å²) in [6, 6.07) is 8.30. The van der Waals surface area contributed by atoms with Crippen molar-refractivity contribution in [1.29, 1.82) is 0 Å². The monoisotopic (exact) mass is 290 g/mol. The molecule has 21 heavy (non-hydrogen) atoms. The molecule has 1 saturated heterocycles. The average Bonchev–Trinajstić information content (AvgIpc) is 3.00. The van der Waals surface area contributed by atoms with Gasteiger partial charge in [0.15, 0.2) is 0 Å². The topological polar surface area (TPSA) is 38.5 Å². The van der Waals surface area contributed by atoms with Gasteiger partial charge in [0.2, 0.25) is 0 Å². The minimum atomic E-state index is 0.0105. The molecule has 1 aromatic carbocycles. The average molecular weight is 290 g/mol. The summed E-state index contributed by atoms with van der Waals surface area (Å²) in [6.07, 6.45) is 3.83. The van der Waals surface area contributed by atoms with Crippen molar-refractivity contribution in [2.45, 2.75) is 64.6 Å². The van der Waals surface area contributed by atoms with Crippen molar-refractivity contribution in [3.63, 3.8) is 0 Å². The zero-order valence-corrected chi connectivity index (χ0v) is 13.9. The zero-order valence-electron chi connectivity index (χ0n) is 13.9. The van der Waals surface area contributed by atoms with Crippen molar-refractivity contribution in [3.8, 4) is 5.75 Å². The Balaban J connectivity index is 2.22. The van der Waals surface area contributed by atoms with E-state index >= 15 is 0 Å². The SMILES string of the molecule is CCC(C)(C(N)c1cccc(OC(C)C)c1)N1CCCC1. The quantitative estimate of drug-likeness (QED) is 0.867. The fourth-order valence-electron chi connectivity index (χ4n) is 3.28. The standard InChI is InChI=1S/C18H30N2O/c1-5-18(4,20-11-6-7-12-20)17(19)15-9-8-10-16(13-15)21-14(2)3/h8-10,13-14,17H,5-7,11-12,19H2,1-4H3. The summed E-state index contributed by atoms with van der Waals surface area (Å²) < 4.78 is 5.81. The van der Waals surface area contributed by atoms with Crippen molar-refractivity contribution in [2.24, 2.45) is 5.73 Å². The highest BCUT2D eigenvalue weighted by Gasteiger charge is 2.38. The molecule has 2 atom stereocenters. The summed E-state index contributed by atoms with van der Waals surface area (Å²) >= 11 is 0. The lowest BCUT2D eigenvalue weighted by atomic mass is 9.83. The lowest BCUT2D eigenvalue weighted by molar-refractivity contribution is 0.0998. The van der Waals surface area contributed by atoms with Crippen molar-refractivity contribution in [1.82, 2.24) is 4.90 Å². The van der Waals surface area contributed by atoms with Gasteiger partial charge < -0.3 is 10.5 Å². The summed E-state index contributed by atoms with van der Waals surface area (Å²) in [5.41, 5.74) is 7.86.